The van der Waals surface area contributed by atoms with Crippen LogP contribution in [0.3, 0.4) is 0 Å². The van der Waals surface area contributed by atoms with Crippen LogP contribution >= 0.6 is 23.3 Å². The number of carbonyl (C=O) groups excluding carboxylic acids is 1. The van der Waals surface area contributed by atoms with E-state index in [2.05, 4.69) is 24.6 Å². The number of fused-ring (bicyclic) bond motifs is 1. The molecule has 10 heteroatoms. The van der Waals surface area contributed by atoms with Crippen LogP contribution in [-0.2, 0) is 0 Å². The summed E-state index contributed by atoms with van der Waals surface area (Å²) >= 11 is 2.58. The summed E-state index contributed by atoms with van der Waals surface area (Å²) in [5.41, 5.74) is 6.12. The largest absolute Gasteiger partial charge is 0.507 e. The molecule has 0 saturated heterocycles. The van der Waals surface area contributed by atoms with Crippen molar-refractivity contribution in [2.75, 3.05) is 6.26 Å². The van der Waals surface area contributed by atoms with Crippen molar-refractivity contribution in [3.05, 3.63) is 30.0 Å². The highest BCUT2D eigenvalue weighted by Crippen LogP contribution is 2.32. The Kier molecular flexibility index (Phi) is 4.17. The molecule has 3 N–H and O–H groups in total. The molecule has 0 aliphatic rings. The molecular weight excluding hydrogens is 336 g/mol. The van der Waals surface area contributed by atoms with Crippen molar-refractivity contribution in [1.29, 1.82) is 0 Å². The standard InChI is InChI=1S/C13H10N6O2S2/c1-22-13-15-5-8-11(16-13)19-23-12(8)18-17-6-2-3-9(20)7(4-6)10(14)21/h2-5,20H,1H3,(H2,14,21)/b18-17+. The summed E-state index contributed by atoms with van der Waals surface area (Å²) in [6.45, 7) is 0. The molecule has 0 radical (unpaired) electrons. The van der Waals surface area contributed by atoms with Crippen LogP contribution in [0.15, 0.2) is 39.8 Å². The van der Waals surface area contributed by atoms with Gasteiger partial charge < -0.3 is 10.8 Å². The van der Waals surface area contributed by atoms with Crippen LogP contribution in [0.1, 0.15) is 10.4 Å². The van der Waals surface area contributed by atoms with Gasteiger partial charge >= 0.3 is 0 Å². The highest BCUT2D eigenvalue weighted by Gasteiger charge is 2.10. The Morgan fingerprint density at radius 1 is 1.39 bits per heavy atom. The average Bonchev–Trinajstić information content (AvgIpc) is 2.96. The molecule has 0 saturated carbocycles. The van der Waals surface area contributed by atoms with Gasteiger partial charge in [-0.2, -0.15) is 4.37 Å². The summed E-state index contributed by atoms with van der Waals surface area (Å²) < 4.78 is 4.21. The number of amides is 1. The number of carbonyl (C=O) groups is 1. The molecule has 0 bridgehead atoms. The number of hydrogen-bond acceptors (Lipinski definition) is 9. The van der Waals surface area contributed by atoms with Gasteiger partial charge in [-0.25, -0.2) is 9.97 Å². The van der Waals surface area contributed by atoms with Crippen LogP contribution in [0, 0.1) is 0 Å². The molecular formula is C13H10N6O2S2. The Bertz CT molecular complexity index is 924. The van der Waals surface area contributed by atoms with Gasteiger partial charge in [-0.15, -0.1) is 10.2 Å². The molecule has 0 spiro atoms. The van der Waals surface area contributed by atoms with Gasteiger partial charge in [0.05, 0.1) is 16.6 Å². The molecule has 23 heavy (non-hydrogen) atoms. The molecule has 1 amide bonds. The van der Waals surface area contributed by atoms with E-state index >= 15 is 0 Å². The molecule has 0 fully saturated rings. The van der Waals surface area contributed by atoms with Crippen LogP contribution in [0.4, 0.5) is 10.7 Å². The number of rotatable bonds is 4. The predicted molar refractivity (Wildman–Crippen MR) is 87.8 cm³/mol. The highest BCUT2D eigenvalue weighted by atomic mass is 32.2. The van der Waals surface area contributed by atoms with Crippen LogP contribution < -0.4 is 5.73 Å². The van der Waals surface area contributed by atoms with Gasteiger partial charge in [0.15, 0.2) is 15.8 Å². The van der Waals surface area contributed by atoms with Crippen LogP contribution in [0.2, 0.25) is 0 Å². The smallest absolute Gasteiger partial charge is 0.252 e. The van der Waals surface area contributed by atoms with Gasteiger partial charge in [0.2, 0.25) is 0 Å². The molecule has 3 rings (SSSR count). The number of nitrogens with zero attached hydrogens (tertiary/aromatic N) is 5. The Labute approximate surface area is 138 Å². The maximum Gasteiger partial charge on any atom is 0.252 e. The maximum atomic E-state index is 11.2. The van der Waals surface area contributed by atoms with E-state index in [9.17, 15) is 9.90 Å². The molecule has 3 aromatic rings. The zero-order valence-electron chi connectivity index (χ0n) is 11.8. The summed E-state index contributed by atoms with van der Waals surface area (Å²) in [5, 5.41) is 19.6. The Balaban J connectivity index is 1.94. The first kappa shape index (κ1) is 15.3. The highest BCUT2D eigenvalue weighted by molar-refractivity contribution is 7.98. The number of hydrogen-bond donors (Lipinski definition) is 2. The third-order valence-corrected chi connectivity index (χ3v) is 4.18. The average molecular weight is 346 g/mol. The first-order chi connectivity index (χ1) is 11.1. The lowest BCUT2D eigenvalue weighted by molar-refractivity contribution is 0.0998. The number of nitrogens with two attached hydrogens (primary N) is 1. The van der Waals surface area contributed by atoms with Crippen LogP contribution in [0.25, 0.3) is 11.0 Å². The van der Waals surface area contributed by atoms with E-state index < -0.39 is 5.91 Å². The van der Waals surface area contributed by atoms with Gasteiger partial charge in [-0.1, -0.05) is 11.8 Å². The van der Waals surface area contributed by atoms with Gasteiger partial charge in [0, 0.05) is 6.20 Å². The normalized spacial score (nSPS) is 11.3. The topological polar surface area (TPSA) is 127 Å². The Hall–Kier alpha value is -2.59. The molecule has 0 atom stereocenters. The van der Waals surface area contributed by atoms with Crippen molar-refractivity contribution in [2.24, 2.45) is 16.0 Å². The fourth-order valence-electron chi connectivity index (χ4n) is 1.77. The van der Waals surface area contributed by atoms with E-state index in [1.165, 1.54) is 30.0 Å². The number of azo groups is 1. The zero-order valence-corrected chi connectivity index (χ0v) is 13.4. The van der Waals surface area contributed by atoms with Crippen molar-refractivity contribution >= 4 is 50.9 Å². The van der Waals surface area contributed by atoms with Gasteiger partial charge in [-0.05, 0) is 36.0 Å². The van der Waals surface area contributed by atoms with Gasteiger partial charge in [0.1, 0.15) is 5.75 Å². The summed E-state index contributed by atoms with van der Waals surface area (Å²) in [5.74, 6) is -0.932. The lowest BCUT2D eigenvalue weighted by Crippen LogP contribution is -2.10. The molecule has 2 heterocycles. The van der Waals surface area contributed by atoms with Crippen molar-refractivity contribution in [3.8, 4) is 5.75 Å². The van der Waals surface area contributed by atoms with E-state index in [1.54, 1.807) is 6.20 Å². The Morgan fingerprint density at radius 2 is 2.22 bits per heavy atom. The lowest BCUT2D eigenvalue weighted by Gasteiger charge is -2.00. The summed E-state index contributed by atoms with van der Waals surface area (Å²) in [6.07, 6.45) is 3.53. The van der Waals surface area contributed by atoms with Crippen molar-refractivity contribution in [2.45, 2.75) is 5.16 Å². The van der Waals surface area contributed by atoms with E-state index in [0.717, 1.165) is 11.5 Å². The molecule has 2 aromatic heterocycles. The van der Waals surface area contributed by atoms with E-state index in [1.807, 2.05) is 6.26 Å². The third kappa shape index (κ3) is 3.12. The minimum absolute atomic E-state index is 0.0106. The lowest BCUT2D eigenvalue weighted by atomic mass is 10.2. The maximum absolute atomic E-state index is 11.2. The quantitative estimate of drug-likeness (QED) is 0.425. The number of primary amides is 1. The van der Waals surface area contributed by atoms with Gasteiger partial charge in [0.25, 0.3) is 5.91 Å². The predicted octanol–water partition coefficient (Wildman–Crippen LogP) is 3.03. The molecule has 8 nitrogen and oxygen atoms in total. The Morgan fingerprint density at radius 3 is 2.96 bits per heavy atom. The molecule has 1 aromatic carbocycles. The van der Waals surface area contributed by atoms with Crippen molar-refractivity contribution in [3.63, 3.8) is 0 Å². The second-order valence-corrected chi connectivity index (χ2v) is 5.87. The molecule has 0 aliphatic carbocycles. The minimum atomic E-state index is -0.735. The summed E-state index contributed by atoms with van der Waals surface area (Å²) in [4.78, 5) is 19.7. The van der Waals surface area contributed by atoms with Crippen molar-refractivity contribution in [1.82, 2.24) is 14.3 Å². The SMILES string of the molecule is CSc1ncc2c(/N=N/c3ccc(O)c(C(N)=O)c3)snc2n1. The molecule has 116 valence electrons. The first-order valence-corrected chi connectivity index (χ1v) is 8.29. The number of thioether (sulfide) groups is 1. The van der Waals surface area contributed by atoms with Crippen molar-refractivity contribution < 1.29 is 9.90 Å². The first-order valence-electron chi connectivity index (χ1n) is 6.29. The number of phenols is 1. The number of aromatic hydroxyl groups is 1. The fraction of sp³-hybridized carbons (Fsp3) is 0.0769. The van der Waals surface area contributed by atoms with Crippen LogP contribution in [0.5, 0.6) is 5.75 Å². The zero-order chi connectivity index (χ0) is 16.4. The third-order valence-electron chi connectivity index (χ3n) is 2.88. The number of aromatic nitrogens is 3. The van der Waals surface area contributed by atoms with Crippen LogP contribution in [-0.4, -0.2) is 31.6 Å². The van der Waals surface area contributed by atoms with E-state index in [-0.39, 0.29) is 11.3 Å². The number of benzene rings is 1. The fourth-order valence-corrected chi connectivity index (χ4v) is 2.74. The van der Waals surface area contributed by atoms with Gasteiger partial charge in [-0.3, -0.25) is 4.79 Å². The summed E-state index contributed by atoms with van der Waals surface area (Å²) in [7, 11) is 0. The monoisotopic (exact) mass is 346 g/mol. The molecule has 0 aliphatic heterocycles. The second-order valence-electron chi connectivity index (χ2n) is 4.35. The second kappa shape index (κ2) is 6.26. The summed E-state index contributed by atoms with van der Waals surface area (Å²) in [6, 6.07) is 4.23. The van der Waals surface area contributed by atoms with E-state index in [0.29, 0.717) is 26.9 Å². The van der Waals surface area contributed by atoms with E-state index in [4.69, 9.17) is 5.73 Å². The molecule has 0 unspecified atom stereocenters. The minimum Gasteiger partial charge on any atom is -0.507 e.